The lowest BCUT2D eigenvalue weighted by molar-refractivity contribution is -0.192. The number of carboxylic acid groups (broad SMARTS) is 1. The molecule has 1 aromatic rings. The maximum Gasteiger partial charge on any atom is 0.490 e. The summed E-state index contributed by atoms with van der Waals surface area (Å²) in [6.45, 7) is 4.58. The highest BCUT2D eigenvalue weighted by atomic mass is 32.2. The van der Waals surface area contributed by atoms with Crippen LogP contribution in [0.5, 0.6) is 0 Å². The highest BCUT2D eigenvalue weighted by molar-refractivity contribution is 7.89. The van der Waals surface area contributed by atoms with Gasteiger partial charge in [-0.3, -0.25) is 4.90 Å². The first-order valence-electron chi connectivity index (χ1n) is 9.06. The van der Waals surface area contributed by atoms with E-state index in [0.29, 0.717) is 6.54 Å². The van der Waals surface area contributed by atoms with Gasteiger partial charge in [0.25, 0.3) is 0 Å². The summed E-state index contributed by atoms with van der Waals surface area (Å²) in [4.78, 5) is 11.2. The van der Waals surface area contributed by atoms with Crippen molar-refractivity contribution in [2.45, 2.75) is 38.2 Å². The van der Waals surface area contributed by atoms with E-state index >= 15 is 0 Å². The van der Waals surface area contributed by atoms with Gasteiger partial charge in [-0.05, 0) is 25.5 Å². The number of aliphatic carboxylic acids is 1. The SMILES string of the molecule is CCS(=O)(=O)N1CC[C@@H](OC)[C@H]2CN(Cc3ccco3)C[C@H]21.O=C(O)C(F)(F)F. The number of carbonyl (C=O) groups is 1. The van der Waals surface area contributed by atoms with Gasteiger partial charge in [0.2, 0.25) is 10.0 Å². The molecule has 1 N–H and O–H groups in total. The van der Waals surface area contributed by atoms with Gasteiger partial charge in [-0.2, -0.15) is 17.5 Å². The molecule has 0 unspecified atom stereocenters. The molecule has 2 aliphatic heterocycles. The maximum absolute atomic E-state index is 12.4. The van der Waals surface area contributed by atoms with Gasteiger partial charge in [-0.1, -0.05) is 0 Å². The highest BCUT2D eigenvalue weighted by Crippen LogP contribution is 2.34. The number of rotatable bonds is 5. The number of ether oxygens (including phenoxy) is 1. The summed E-state index contributed by atoms with van der Waals surface area (Å²) in [7, 11) is -1.44. The zero-order valence-corrected chi connectivity index (χ0v) is 16.9. The fourth-order valence-electron chi connectivity index (χ4n) is 3.75. The molecule has 166 valence electrons. The van der Waals surface area contributed by atoms with Crippen molar-refractivity contribution < 1.29 is 40.6 Å². The first-order chi connectivity index (χ1) is 13.5. The van der Waals surface area contributed by atoms with Gasteiger partial charge < -0.3 is 14.3 Å². The average molecular weight is 442 g/mol. The molecule has 3 atom stereocenters. The van der Waals surface area contributed by atoms with Crippen LogP contribution in [0.3, 0.4) is 0 Å². The van der Waals surface area contributed by atoms with Crippen LogP contribution >= 0.6 is 0 Å². The van der Waals surface area contributed by atoms with Crippen LogP contribution < -0.4 is 0 Å². The van der Waals surface area contributed by atoms with Crippen molar-refractivity contribution in [3.63, 3.8) is 0 Å². The number of halogens is 3. The average Bonchev–Trinajstić information content (AvgIpc) is 3.30. The van der Waals surface area contributed by atoms with Crippen molar-refractivity contribution in [1.29, 1.82) is 0 Å². The van der Waals surface area contributed by atoms with Crippen LogP contribution in [0.2, 0.25) is 0 Å². The zero-order valence-electron chi connectivity index (χ0n) is 16.1. The van der Waals surface area contributed by atoms with Gasteiger partial charge in [0.1, 0.15) is 5.76 Å². The summed E-state index contributed by atoms with van der Waals surface area (Å²) in [5.41, 5.74) is 0. The predicted octanol–water partition coefficient (Wildman–Crippen LogP) is 1.78. The fourth-order valence-corrected chi connectivity index (χ4v) is 5.11. The highest BCUT2D eigenvalue weighted by Gasteiger charge is 2.47. The minimum absolute atomic E-state index is 0.0126. The number of carboxylic acids is 1. The molecular formula is C17H25F3N2O6S. The molecular weight excluding hydrogens is 417 g/mol. The third kappa shape index (κ3) is 5.93. The van der Waals surface area contributed by atoms with Gasteiger partial charge in [-0.15, -0.1) is 0 Å². The van der Waals surface area contributed by atoms with Crippen molar-refractivity contribution >= 4 is 16.0 Å². The van der Waals surface area contributed by atoms with E-state index in [2.05, 4.69) is 4.90 Å². The standard InChI is InChI=1S/C15H24N2O4S.C2HF3O2/c1-3-22(18,19)17-7-6-15(20-2)13-10-16(11-14(13)17)9-12-5-4-8-21-12;3-2(4,5)1(6)7/h4-5,8,13-15H,3,6-7,9-11H2,1-2H3;(H,6,7)/t13-,14+,15+;/m0./s1. The van der Waals surface area contributed by atoms with Crippen LogP contribution in [-0.2, 0) is 26.1 Å². The second-order valence-electron chi connectivity index (χ2n) is 6.88. The maximum atomic E-state index is 12.4. The molecule has 0 bridgehead atoms. The Kier molecular flexibility index (Phi) is 7.71. The molecule has 12 heteroatoms. The van der Waals surface area contributed by atoms with E-state index in [-0.39, 0.29) is 23.8 Å². The minimum atomic E-state index is -5.08. The summed E-state index contributed by atoms with van der Waals surface area (Å²) in [5, 5.41) is 7.12. The van der Waals surface area contributed by atoms with E-state index in [1.54, 1.807) is 24.6 Å². The number of furan rings is 1. The smallest absolute Gasteiger partial charge is 0.475 e. The number of methoxy groups -OCH3 is 1. The Morgan fingerprint density at radius 2 is 2.03 bits per heavy atom. The molecule has 2 fully saturated rings. The van der Waals surface area contributed by atoms with Crippen molar-refractivity contribution in [3.05, 3.63) is 24.2 Å². The van der Waals surface area contributed by atoms with Crippen molar-refractivity contribution in [2.24, 2.45) is 5.92 Å². The third-order valence-electron chi connectivity index (χ3n) is 5.12. The first-order valence-corrected chi connectivity index (χ1v) is 10.7. The number of alkyl halides is 3. The number of likely N-dealkylation sites (tertiary alicyclic amines) is 1. The molecule has 0 radical (unpaired) electrons. The van der Waals surface area contributed by atoms with Crippen molar-refractivity contribution in [1.82, 2.24) is 9.21 Å². The lowest BCUT2D eigenvalue weighted by atomic mass is 9.91. The molecule has 0 aliphatic carbocycles. The Morgan fingerprint density at radius 3 is 2.52 bits per heavy atom. The lowest BCUT2D eigenvalue weighted by Crippen LogP contribution is -2.53. The van der Waals surface area contributed by atoms with Crippen LogP contribution in [0.1, 0.15) is 19.1 Å². The van der Waals surface area contributed by atoms with Crippen molar-refractivity contribution in [3.8, 4) is 0 Å². The fraction of sp³-hybridized carbons (Fsp3) is 0.706. The predicted molar refractivity (Wildman–Crippen MR) is 96.5 cm³/mol. The van der Waals surface area contributed by atoms with E-state index in [0.717, 1.165) is 31.8 Å². The number of piperidine rings is 1. The van der Waals surface area contributed by atoms with E-state index in [4.69, 9.17) is 19.1 Å². The van der Waals surface area contributed by atoms with E-state index < -0.39 is 22.2 Å². The van der Waals surface area contributed by atoms with Crippen LogP contribution in [0.4, 0.5) is 13.2 Å². The Labute approximate surface area is 167 Å². The van der Waals surface area contributed by atoms with E-state index in [9.17, 15) is 21.6 Å². The Bertz CT molecular complexity index is 769. The summed E-state index contributed by atoms with van der Waals surface area (Å²) in [5.74, 6) is -1.45. The van der Waals surface area contributed by atoms with Crippen LogP contribution in [-0.4, -0.2) is 79.5 Å². The molecule has 29 heavy (non-hydrogen) atoms. The van der Waals surface area contributed by atoms with Gasteiger partial charge in [0, 0.05) is 38.7 Å². The number of sulfonamides is 1. The first kappa shape index (κ1) is 23.6. The number of fused-ring (bicyclic) bond motifs is 1. The largest absolute Gasteiger partial charge is 0.490 e. The van der Waals surface area contributed by atoms with E-state index in [1.165, 1.54) is 0 Å². The minimum Gasteiger partial charge on any atom is -0.475 e. The normalized spacial score (nSPS) is 25.9. The number of hydrogen-bond acceptors (Lipinski definition) is 6. The number of hydrogen-bond donors (Lipinski definition) is 1. The molecule has 2 saturated heterocycles. The van der Waals surface area contributed by atoms with Gasteiger partial charge in [0.15, 0.2) is 0 Å². The van der Waals surface area contributed by atoms with Gasteiger partial charge in [-0.25, -0.2) is 13.2 Å². The molecule has 0 saturated carbocycles. The molecule has 8 nitrogen and oxygen atoms in total. The summed E-state index contributed by atoms with van der Waals surface area (Å²) in [6, 6.07) is 3.85. The van der Waals surface area contributed by atoms with Crippen LogP contribution in [0.15, 0.2) is 22.8 Å². The topological polar surface area (TPSA) is 100 Å². The summed E-state index contributed by atoms with van der Waals surface area (Å²) >= 11 is 0. The molecule has 0 spiro atoms. The van der Waals surface area contributed by atoms with E-state index in [1.807, 2.05) is 12.1 Å². The lowest BCUT2D eigenvalue weighted by Gasteiger charge is -2.39. The van der Waals surface area contributed by atoms with Crippen LogP contribution in [0, 0.1) is 5.92 Å². The Balaban J connectivity index is 0.000000370. The van der Waals surface area contributed by atoms with Crippen LogP contribution in [0.25, 0.3) is 0 Å². The zero-order chi connectivity index (χ0) is 21.8. The van der Waals surface area contributed by atoms with Gasteiger partial charge in [0.05, 0.1) is 24.7 Å². The molecule has 3 rings (SSSR count). The monoisotopic (exact) mass is 442 g/mol. The number of nitrogens with zero attached hydrogens (tertiary/aromatic N) is 2. The van der Waals surface area contributed by atoms with Crippen molar-refractivity contribution in [2.75, 3.05) is 32.5 Å². The Morgan fingerprint density at radius 1 is 1.38 bits per heavy atom. The second kappa shape index (κ2) is 9.45. The molecule has 3 heterocycles. The molecule has 0 amide bonds. The molecule has 1 aromatic heterocycles. The molecule has 0 aromatic carbocycles. The quantitative estimate of drug-likeness (QED) is 0.742. The summed E-state index contributed by atoms with van der Waals surface area (Å²) in [6.07, 6.45) is -2.51. The Hall–Kier alpha value is -1.63. The molecule has 2 aliphatic rings. The third-order valence-corrected chi connectivity index (χ3v) is 7.01. The summed E-state index contributed by atoms with van der Waals surface area (Å²) < 4.78 is 69.2. The van der Waals surface area contributed by atoms with Gasteiger partial charge >= 0.3 is 12.1 Å². The second-order valence-corrected chi connectivity index (χ2v) is 9.09.